The second kappa shape index (κ2) is 9.87. The van der Waals surface area contributed by atoms with E-state index in [2.05, 4.69) is 11.8 Å². The van der Waals surface area contributed by atoms with Crippen molar-refractivity contribution < 1.29 is 18.8 Å². The lowest BCUT2D eigenvalue weighted by molar-refractivity contribution is -0.143. The van der Waals surface area contributed by atoms with Gasteiger partial charge >= 0.3 is 0 Å². The number of piperazine rings is 1. The van der Waals surface area contributed by atoms with E-state index in [1.54, 1.807) is 17.0 Å². The van der Waals surface area contributed by atoms with Crippen LogP contribution in [0.5, 0.6) is 0 Å². The topological polar surface area (TPSA) is 64.2 Å². The monoisotopic (exact) mass is 432 g/mol. The van der Waals surface area contributed by atoms with Gasteiger partial charge in [0.05, 0.1) is 5.41 Å². The highest BCUT2D eigenvalue weighted by Crippen LogP contribution is 2.41. The minimum atomic E-state index is -1.48. The summed E-state index contributed by atoms with van der Waals surface area (Å²) in [6.07, 6.45) is 0.691. The quantitative estimate of drug-likeness (QED) is 0.580. The maximum absolute atomic E-state index is 14.8. The van der Waals surface area contributed by atoms with Gasteiger partial charge in [0, 0.05) is 57.7 Å². The molecule has 0 spiro atoms. The first-order chi connectivity index (χ1) is 14.8. The summed E-state index contributed by atoms with van der Waals surface area (Å²) in [6, 6.07) is 6.01. The van der Waals surface area contributed by atoms with Gasteiger partial charge in [-0.2, -0.15) is 0 Å². The number of hydrogen-bond donors (Lipinski definition) is 0. The highest BCUT2D eigenvalue weighted by atomic mass is 19.1. The number of nitrogens with zero attached hydrogens (tertiary/aromatic N) is 4. The van der Waals surface area contributed by atoms with Crippen LogP contribution in [0.15, 0.2) is 24.3 Å². The van der Waals surface area contributed by atoms with Crippen LogP contribution < -0.4 is 0 Å². The molecule has 8 heteroatoms. The standard InChI is InChI=1S/C23H33FN4O3/c1-4-9-26-11-13-27(14-12-26)20(29)16-23(18-7-5-6-8-19(18)24)17-21(30)28(22(23)31)15-10-25(2)3/h5-8H,4,9-17H2,1-3H3. The van der Waals surface area contributed by atoms with E-state index >= 15 is 0 Å². The summed E-state index contributed by atoms with van der Waals surface area (Å²) in [6.45, 7) is 6.60. The van der Waals surface area contributed by atoms with Crippen molar-refractivity contribution in [1.82, 2.24) is 19.6 Å². The lowest BCUT2D eigenvalue weighted by atomic mass is 9.75. The Bertz CT molecular complexity index is 823. The Balaban J connectivity index is 1.85. The van der Waals surface area contributed by atoms with Crippen LogP contribution in [0.4, 0.5) is 4.39 Å². The Kier molecular flexibility index (Phi) is 7.43. The van der Waals surface area contributed by atoms with Gasteiger partial charge in [0.1, 0.15) is 5.82 Å². The van der Waals surface area contributed by atoms with Crippen LogP contribution >= 0.6 is 0 Å². The van der Waals surface area contributed by atoms with Crippen molar-refractivity contribution >= 4 is 17.7 Å². The first-order valence-electron chi connectivity index (χ1n) is 11.0. The van der Waals surface area contributed by atoms with Crippen molar-refractivity contribution in [3.05, 3.63) is 35.6 Å². The third-order valence-corrected chi connectivity index (χ3v) is 6.29. The average molecular weight is 433 g/mol. The van der Waals surface area contributed by atoms with E-state index in [0.717, 1.165) is 26.1 Å². The Morgan fingerprint density at radius 3 is 2.39 bits per heavy atom. The van der Waals surface area contributed by atoms with E-state index in [1.165, 1.54) is 17.0 Å². The summed E-state index contributed by atoms with van der Waals surface area (Å²) in [5.74, 6) is -1.58. The van der Waals surface area contributed by atoms with E-state index in [1.807, 2.05) is 19.0 Å². The molecule has 7 nitrogen and oxygen atoms in total. The molecule has 0 aromatic heterocycles. The summed E-state index contributed by atoms with van der Waals surface area (Å²) in [4.78, 5) is 46.7. The molecule has 170 valence electrons. The summed E-state index contributed by atoms with van der Waals surface area (Å²) >= 11 is 0. The number of carbonyl (C=O) groups excluding carboxylic acids is 3. The van der Waals surface area contributed by atoms with Gasteiger partial charge in [-0.1, -0.05) is 25.1 Å². The highest BCUT2D eigenvalue weighted by molar-refractivity contribution is 6.10. The summed E-state index contributed by atoms with van der Waals surface area (Å²) < 4.78 is 14.8. The summed E-state index contributed by atoms with van der Waals surface area (Å²) in [5, 5.41) is 0. The molecule has 3 rings (SSSR count). The van der Waals surface area contributed by atoms with Crippen molar-refractivity contribution in [2.75, 3.05) is 59.9 Å². The fourth-order valence-corrected chi connectivity index (χ4v) is 4.53. The number of hydrogen-bond acceptors (Lipinski definition) is 5. The minimum absolute atomic E-state index is 0.138. The van der Waals surface area contributed by atoms with Gasteiger partial charge in [-0.15, -0.1) is 0 Å². The molecular weight excluding hydrogens is 399 g/mol. The number of likely N-dealkylation sites (tertiary alicyclic amines) is 1. The Morgan fingerprint density at radius 1 is 1.10 bits per heavy atom. The Labute approximate surface area is 183 Å². The molecule has 0 bridgehead atoms. The molecule has 1 unspecified atom stereocenters. The second-order valence-corrected chi connectivity index (χ2v) is 8.79. The number of carbonyl (C=O) groups is 3. The number of halogens is 1. The van der Waals surface area contributed by atoms with Crippen LogP contribution in [0.3, 0.4) is 0 Å². The van der Waals surface area contributed by atoms with E-state index in [4.69, 9.17) is 0 Å². The van der Waals surface area contributed by atoms with Crippen LogP contribution in [0.25, 0.3) is 0 Å². The van der Waals surface area contributed by atoms with Crippen LogP contribution in [0, 0.1) is 5.82 Å². The van der Waals surface area contributed by atoms with Gasteiger partial charge in [-0.25, -0.2) is 4.39 Å². The van der Waals surface area contributed by atoms with Gasteiger partial charge in [0.15, 0.2) is 0 Å². The molecule has 0 N–H and O–H groups in total. The average Bonchev–Trinajstić information content (AvgIpc) is 2.97. The van der Waals surface area contributed by atoms with Crippen molar-refractivity contribution in [2.45, 2.75) is 31.6 Å². The Morgan fingerprint density at radius 2 is 1.77 bits per heavy atom. The van der Waals surface area contributed by atoms with Gasteiger partial charge in [-0.05, 0) is 33.1 Å². The van der Waals surface area contributed by atoms with E-state index < -0.39 is 17.1 Å². The first-order valence-corrected chi connectivity index (χ1v) is 11.0. The molecule has 0 radical (unpaired) electrons. The largest absolute Gasteiger partial charge is 0.340 e. The maximum atomic E-state index is 14.8. The van der Waals surface area contributed by atoms with Crippen molar-refractivity contribution in [3.63, 3.8) is 0 Å². The molecule has 2 aliphatic rings. The lowest BCUT2D eigenvalue weighted by Crippen LogP contribution is -2.51. The molecule has 1 atom stereocenters. The fraction of sp³-hybridized carbons (Fsp3) is 0.609. The summed E-state index contributed by atoms with van der Waals surface area (Å²) in [7, 11) is 3.72. The van der Waals surface area contributed by atoms with Crippen LogP contribution in [0.1, 0.15) is 31.7 Å². The fourth-order valence-electron chi connectivity index (χ4n) is 4.53. The number of benzene rings is 1. The molecule has 2 heterocycles. The molecule has 1 aromatic carbocycles. The zero-order chi connectivity index (χ0) is 22.6. The maximum Gasteiger partial charge on any atom is 0.241 e. The second-order valence-electron chi connectivity index (χ2n) is 8.79. The lowest BCUT2D eigenvalue weighted by Gasteiger charge is -2.36. The Hall–Kier alpha value is -2.32. The molecule has 2 fully saturated rings. The molecular formula is C23H33FN4O3. The number of amides is 3. The summed E-state index contributed by atoms with van der Waals surface area (Å²) in [5.41, 5.74) is -1.34. The minimum Gasteiger partial charge on any atom is -0.340 e. The van der Waals surface area contributed by atoms with Gasteiger partial charge in [0.2, 0.25) is 17.7 Å². The molecule has 0 saturated carbocycles. The van der Waals surface area contributed by atoms with Crippen LogP contribution in [-0.4, -0.2) is 97.2 Å². The predicted molar refractivity (Wildman–Crippen MR) is 116 cm³/mol. The molecule has 2 aliphatic heterocycles. The van der Waals surface area contributed by atoms with E-state index in [0.29, 0.717) is 19.6 Å². The SMILES string of the molecule is CCCN1CCN(C(=O)CC2(c3ccccc3F)CC(=O)N(CCN(C)C)C2=O)CC1. The van der Waals surface area contributed by atoms with Crippen molar-refractivity contribution in [3.8, 4) is 0 Å². The number of likely N-dealkylation sites (N-methyl/N-ethyl adjacent to an activating group) is 1. The number of imide groups is 1. The molecule has 31 heavy (non-hydrogen) atoms. The smallest absolute Gasteiger partial charge is 0.241 e. The normalized spacial score (nSPS) is 22.6. The van der Waals surface area contributed by atoms with E-state index in [-0.39, 0.29) is 36.8 Å². The van der Waals surface area contributed by atoms with E-state index in [9.17, 15) is 18.8 Å². The third kappa shape index (κ3) is 4.96. The van der Waals surface area contributed by atoms with Crippen molar-refractivity contribution in [1.29, 1.82) is 0 Å². The predicted octanol–water partition coefficient (Wildman–Crippen LogP) is 1.33. The highest BCUT2D eigenvalue weighted by Gasteiger charge is 2.55. The first kappa shape index (κ1) is 23.3. The van der Waals surface area contributed by atoms with Gasteiger partial charge in [0.25, 0.3) is 0 Å². The van der Waals surface area contributed by atoms with Crippen molar-refractivity contribution in [2.24, 2.45) is 0 Å². The van der Waals surface area contributed by atoms with Crippen LogP contribution in [-0.2, 0) is 19.8 Å². The van der Waals surface area contributed by atoms with Crippen LogP contribution in [0.2, 0.25) is 0 Å². The zero-order valence-corrected chi connectivity index (χ0v) is 18.8. The van der Waals surface area contributed by atoms with Gasteiger partial charge < -0.3 is 9.80 Å². The number of rotatable bonds is 8. The van der Waals surface area contributed by atoms with Gasteiger partial charge in [-0.3, -0.25) is 24.2 Å². The molecule has 3 amide bonds. The third-order valence-electron chi connectivity index (χ3n) is 6.29. The molecule has 0 aliphatic carbocycles. The molecule has 1 aromatic rings. The zero-order valence-electron chi connectivity index (χ0n) is 18.8. The molecule has 2 saturated heterocycles.